The number of H-pyrrole nitrogens is 1. The second-order valence-corrected chi connectivity index (χ2v) is 18.3. The summed E-state index contributed by atoms with van der Waals surface area (Å²) in [4.78, 5) is 74.9. The van der Waals surface area contributed by atoms with Crippen molar-refractivity contribution < 1.29 is 52.3 Å². The molecule has 10 rings (SSSR count). The first-order valence-electron chi connectivity index (χ1n) is 26.0. The maximum atomic E-state index is 12.2. The normalized spacial score (nSPS) is 10.5. The van der Waals surface area contributed by atoms with Crippen molar-refractivity contribution in [2.24, 2.45) is 0 Å². The molecule has 0 aliphatic rings. The molecule has 0 bridgehead atoms. The molecule has 82 heavy (non-hydrogen) atoms. The van der Waals surface area contributed by atoms with Crippen molar-refractivity contribution in [3.05, 3.63) is 224 Å². The number of aromatic amines is 1. The highest BCUT2D eigenvalue weighted by Gasteiger charge is 2.19. The second-order valence-electron chi connectivity index (χ2n) is 17.6. The van der Waals surface area contributed by atoms with Crippen LogP contribution in [0.15, 0.2) is 169 Å². The Morgan fingerprint density at radius 2 is 1.09 bits per heavy atom. The number of nitrogens with one attached hydrogen (secondary N) is 1. The van der Waals surface area contributed by atoms with Gasteiger partial charge in [-0.1, -0.05) is 114 Å². The van der Waals surface area contributed by atoms with Gasteiger partial charge in [0.2, 0.25) is 5.43 Å². The van der Waals surface area contributed by atoms with Crippen molar-refractivity contribution in [3.8, 4) is 17.2 Å². The van der Waals surface area contributed by atoms with Gasteiger partial charge in [-0.15, -0.1) is 0 Å². The number of hydrogen-bond donors (Lipinski definition) is 1. The predicted molar refractivity (Wildman–Crippen MR) is 316 cm³/mol. The number of aromatic nitrogens is 4. The van der Waals surface area contributed by atoms with Gasteiger partial charge in [-0.2, -0.15) is 0 Å². The van der Waals surface area contributed by atoms with Gasteiger partial charge in [0, 0.05) is 40.9 Å². The largest absolute Gasteiger partial charge is 0.496 e. The van der Waals surface area contributed by atoms with Crippen LogP contribution in [-0.4, -0.2) is 77.4 Å². The number of methoxy groups -OCH3 is 1. The van der Waals surface area contributed by atoms with E-state index in [0.717, 1.165) is 38.5 Å². The number of rotatable bonds is 15. The summed E-state index contributed by atoms with van der Waals surface area (Å²) >= 11 is 12.5. The fourth-order valence-electron chi connectivity index (χ4n) is 8.02. The summed E-state index contributed by atoms with van der Waals surface area (Å²) in [5.41, 5.74) is 6.69. The smallest absolute Gasteiger partial charge is 0.343 e. The zero-order chi connectivity index (χ0) is 58.5. The van der Waals surface area contributed by atoms with Crippen molar-refractivity contribution in [1.82, 2.24) is 19.9 Å². The summed E-state index contributed by atoms with van der Waals surface area (Å²) in [5, 5.41) is 3.35. The molecule has 6 aromatic carbocycles. The standard InChI is InChI=1S/C19H16ClNO3.C19H17NO3.C13H12ClNO2.C13H13NO4/c1-2-23-19(22)16-11-21-17-9-8-14(10-15(17)18(16)20)24-12-13-6-4-3-5-7-13;1-2-22-19(21)16-11-15-9-6-10-17(18(15)20-12-16)23-13-14-7-4-3-5-8-14;1-3-17-13(16)10-7-15-11-6-8(2)4-5-9(11)12(10)14;1-3-18-13(16)8-7-14-9-5-4-6-10(17-2)11(9)12(8)15/h3-11H,2,12H2,1H3;3-12H,2,13H2,1H3;4-7H,3H2,1-2H3;4-7H,3H2,1-2H3,(H,14,15). The van der Waals surface area contributed by atoms with Gasteiger partial charge >= 0.3 is 23.9 Å². The van der Waals surface area contributed by atoms with Gasteiger partial charge in [-0.05, 0) is 99.8 Å². The van der Waals surface area contributed by atoms with Crippen molar-refractivity contribution in [2.75, 3.05) is 33.5 Å². The Morgan fingerprint density at radius 3 is 1.71 bits per heavy atom. The molecule has 0 saturated heterocycles. The number of halogens is 2. The summed E-state index contributed by atoms with van der Waals surface area (Å²) in [6.45, 7) is 11.0. The maximum Gasteiger partial charge on any atom is 0.343 e. The van der Waals surface area contributed by atoms with Gasteiger partial charge in [0.25, 0.3) is 0 Å². The molecule has 4 heterocycles. The van der Waals surface area contributed by atoms with E-state index in [4.69, 9.17) is 56.4 Å². The molecule has 1 N–H and O–H groups in total. The van der Waals surface area contributed by atoms with E-state index in [9.17, 15) is 24.0 Å². The number of benzene rings is 6. The Balaban J connectivity index is 0.000000159. The third-order valence-corrected chi connectivity index (χ3v) is 12.8. The van der Waals surface area contributed by atoms with E-state index in [1.54, 1.807) is 58.0 Å². The topological polar surface area (TPSA) is 204 Å². The molecule has 10 aromatic rings. The summed E-state index contributed by atoms with van der Waals surface area (Å²) in [6, 6.07) is 43.6. The zero-order valence-corrected chi connectivity index (χ0v) is 47.3. The number of para-hydroxylation sites is 1. The van der Waals surface area contributed by atoms with Gasteiger partial charge in [0.05, 0.1) is 82.2 Å². The summed E-state index contributed by atoms with van der Waals surface area (Å²) < 4.78 is 36.6. The van der Waals surface area contributed by atoms with Crippen molar-refractivity contribution >= 4 is 90.7 Å². The van der Waals surface area contributed by atoms with Crippen LogP contribution in [-0.2, 0) is 32.2 Å². The van der Waals surface area contributed by atoms with Crippen LogP contribution >= 0.6 is 23.2 Å². The lowest BCUT2D eigenvalue weighted by Crippen LogP contribution is -2.18. The van der Waals surface area contributed by atoms with E-state index < -0.39 is 17.9 Å². The third kappa shape index (κ3) is 15.5. The van der Waals surface area contributed by atoms with E-state index in [2.05, 4.69) is 19.9 Å². The lowest BCUT2D eigenvalue weighted by Gasteiger charge is -2.10. The molecule has 0 aliphatic heterocycles. The van der Waals surface area contributed by atoms with E-state index in [-0.39, 0.29) is 35.7 Å². The third-order valence-electron chi connectivity index (χ3n) is 12.0. The second kappa shape index (κ2) is 29.7. The number of fused-ring (bicyclic) bond motifs is 4. The lowest BCUT2D eigenvalue weighted by molar-refractivity contribution is 0.0515. The highest BCUT2D eigenvalue weighted by Crippen LogP contribution is 2.31. The molecule has 0 fully saturated rings. The molecule has 0 saturated carbocycles. The zero-order valence-electron chi connectivity index (χ0n) is 45.8. The van der Waals surface area contributed by atoms with Crippen molar-refractivity contribution in [3.63, 3.8) is 0 Å². The van der Waals surface area contributed by atoms with E-state index in [1.807, 2.05) is 116 Å². The fraction of sp³-hybridized carbons (Fsp3) is 0.188. The Kier molecular flexibility index (Phi) is 21.8. The van der Waals surface area contributed by atoms with Crippen LogP contribution < -0.4 is 19.6 Å². The fourth-order valence-corrected chi connectivity index (χ4v) is 8.58. The number of hydrogen-bond acceptors (Lipinski definition) is 15. The first-order chi connectivity index (χ1) is 39.8. The van der Waals surface area contributed by atoms with Gasteiger partial charge < -0.3 is 38.1 Å². The molecule has 0 radical (unpaired) electrons. The minimum absolute atomic E-state index is 0.0196. The molecule has 0 atom stereocenters. The molecular formula is C64H58Cl2N4O12. The number of carbonyl (C=O) groups excluding carboxylic acids is 4. The highest BCUT2D eigenvalue weighted by molar-refractivity contribution is 6.38. The highest BCUT2D eigenvalue weighted by atomic mass is 35.5. The van der Waals surface area contributed by atoms with Gasteiger partial charge in [0.1, 0.15) is 41.5 Å². The summed E-state index contributed by atoms with van der Waals surface area (Å²) in [5.74, 6) is -0.123. The minimum Gasteiger partial charge on any atom is -0.496 e. The van der Waals surface area contributed by atoms with Crippen molar-refractivity contribution in [1.29, 1.82) is 0 Å². The van der Waals surface area contributed by atoms with Crippen LogP contribution in [0.3, 0.4) is 0 Å². The Hall–Kier alpha value is -9.38. The first kappa shape index (κ1) is 60.3. The molecule has 18 heteroatoms. The molecule has 0 amide bonds. The lowest BCUT2D eigenvalue weighted by atomic mass is 10.1. The number of carbonyl (C=O) groups is 4. The van der Waals surface area contributed by atoms with Gasteiger partial charge in [-0.25, -0.2) is 19.2 Å². The quantitative estimate of drug-likeness (QED) is 0.0749. The van der Waals surface area contributed by atoms with Gasteiger partial charge in [-0.3, -0.25) is 19.7 Å². The number of esters is 4. The van der Waals surface area contributed by atoms with E-state index in [0.29, 0.717) is 86.7 Å². The van der Waals surface area contributed by atoms with Gasteiger partial charge in [0.15, 0.2) is 0 Å². The first-order valence-corrected chi connectivity index (χ1v) is 26.8. The van der Waals surface area contributed by atoms with E-state index >= 15 is 0 Å². The van der Waals surface area contributed by atoms with Crippen LogP contribution in [0.5, 0.6) is 17.2 Å². The summed E-state index contributed by atoms with van der Waals surface area (Å²) in [6.07, 6.45) is 5.78. The molecule has 420 valence electrons. The Morgan fingerprint density at radius 1 is 0.524 bits per heavy atom. The van der Waals surface area contributed by atoms with Crippen LogP contribution in [0.25, 0.3) is 43.6 Å². The molecule has 0 unspecified atom stereocenters. The molecule has 4 aromatic heterocycles. The van der Waals surface area contributed by atoms with E-state index in [1.165, 1.54) is 31.9 Å². The van der Waals surface area contributed by atoms with Crippen LogP contribution in [0.4, 0.5) is 0 Å². The average Bonchev–Trinajstić information content (AvgIpc) is 3.54. The maximum absolute atomic E-state index is 12.2. The van der Waals surface area contributed by atoms with Crippen LogP contribution in [0.2, 0.25) is 10.0 Å². The molecule has 0 spiro atoms. The predicted octanol–water partition coefficient (Wildman–Crippen LogP) is 13.7. The van der Waals surface area contributed by atoms with Crippen LogP contribution in [0, 0.1) is 6.92 Å². The molecular weight excluding hydrogens is 1090 g/mol. The summed E-state index contributed by atoms with van der Waals surface area (Å²) in [7, 11) is 1.48. The average molecular weight is 1150 g/mol. The number of pyridine rings is 4. The number of aryl methyl sites for hydroxylation is 1. The Bertz CT molecular complexity index is 3920. The number of ether oxygens (including phenoxy) is 7. The Labute approximate surface area is 482 Å². The van der Waals surface area contributed by atoms with Crippen molar-refractivity contribution in [2.45, 2.75) is 47.8 Å². The van der Waals surface area contributed by atoms with Crippen LogP contribution in [0.1, 0.15) is 85.8 Å². The molecule has 0 aliphatic carbocycles. The SMILES string of the molecule is CCOC(=O)c1c[nH]c2cccc(OC)c2c1=O.CCOC(=O)c1cnc2c(OCc3ccccc3)cccc2c1.CCOC(=O)c1cnc2cc(C)ccc2c1Cl.CCOC(=O)c1cnc2ccc(OCc3ccccc3)cc2c1Cl. The number of nitrogens with zero attached hydrogens (tertiary/aromatic N) is 3. The monoisotopic (exact) mass is 1140 g/mol. The minimum atomic E-state index is -0.633. The molecule has 16 nitrogen and oxygen atoms in total.